The minimum absolute atomic E-state index is 0.191. The monoisotopic (exact) mass is 462 g/mol. The molecule has 0 atom stereocenters. The predicted molar refractivity (Wildman–Crippen MR) is 133 cm³/mol. The third kappa shape index (κ3) is 5.41. The average molecular weight is 463 g/mol. The summed E-state index contributed by atoms with van der Waals surface area (Å²) in [6.07, 6.45) is 4.25. The van der Waals surface area contributed by atoms with Gasteiger partial charge in [-0.15, -0.1) is 0 Å². The Labute approximate surface area is 201 Å². The van der Waals surface area contributed by atoms with Crippen molar-refractivity contribution in [2.45, 2.75) is 44.9 Å². The highest BCUT2D eigenvalue weighted by atomic mass is 16.2. The number of benzene rings is 2. The van der Waals surface area contributed by atoms with Gasteiger partial charge in [0.25, 0.3) is 11.8 Å². The zero-order valence-corrected chi connectivity index (χ0v) is 19.9. The number of likely N-dealkylation sites (tertiary alicyclic amines) is 1. The lowest BCUT2D eigenvalue weighted by Gasteiger charge is -2.35. The van der Waals surface area contributed by atoms with Gasteiger partial charge in [0, 0.05) is 50.4 Å². The van der Waals surface area contributed by atoms with Crippen LogP contribution in [0.5, 0.6) is 0 Å². The number of anilines is 1. The van der Waals surface area contributed by atoms with Crippen molar-refractivity contribution in [3.05, 3.63) is 64.7 Å². The van der Waals surface area contributed by atoms with Crippen molar-refractivity contribution < 1.29 is 14.4 Å². The molecule has 0 spiro atoms. The van der Waals surface area contributed by atoms with Crippen LogP contribution in [0.25, 0.3) is 0 Å². The van der Waals surface area contributed by atoms with Gasteiger partial charge in [0.15, 0.2) is 0 Å². The number of amides is 3. The topological polar surface area (TPSA) is 95.7 Å². The number of hydrogen-bond acceptors (Lipinski definition) is 4. The molecule has 7 nitrogen and oxygen atoms in total. The molecule has 0 radical (unpaired) electrons. The number of hydrogen-bond donors (Lipinski definition) is 2. The second-order valence-corrected chi connectivity index (χ2v) is 9.31. The fourth-order valence-corrected chi connectivity index (χ4v) is 5.14. The molecule has 2 aromatic rings. The molecule has 2 saturated heterocycles. The van der Waals surface area contributed by atoms with Gasteiger partial charge in [0.1, 0.15) is 0 Å². The van der Waals surface area contributed by atoms with E-state index in [4.69, 9.17) is 5.73 Å². The quantitative estimate of drug-likeness (QED) is 0.589. The van der Waals surface area contributed by atoms with Crippen LogP contribution in [0.4, 0.5) is 5.69 Å². The van der Waals surface area contributed by atoms with Gasteiger partial charge < -0.3 is 20.9 Å². The molecule has 4 rings (SSSR count). The first-order valence-electron chi connectivity index (χ1n) is 12.2. The Bertz CT molecular complexity index is 1060. The molecule has 2 heterocycles. The van der Waals surface area contributed by atoms with Gasteiger partial charge in [0.2, 0.25) is 5.91 Å². The second-order valence-electron chi connectivity index (χ2n) is 9.31. The largest absolute Gasteiger partial charge is 0.371 e. The van der Waals surface area contributed by atoms with Crippen LogP contribution in [0.3, 0.4) is 0 Å². The molecule has 2 fully saturated rings. The van der Waals surface area contributed by atoms with E-state index in [1.807, 2.05) is 11.0 Å². The third-order valence-electron chi connectivity index (χ3n) is 7.05. The van der Waals surface area contributed by atoms with Crippen LogP contribution in [-0.2, 0) is 4.79 Å². The number of nitrogens with two attached hydrogens (primary N) is 1. The summed E-state index contributed by atoms with van der Waals surface area (Å²) in [5.74, 6) is -0.0652. The molecule has 2 aliphatic heterocycles. The van der Waals surface area contributed by atoms with E-state index in [-0.39, 0.29) is 11.8 Å². The molecule has 0 unspecified atom stereocenters. The lowest BCUT2D eigenvalue weighted by Crippen LogP contribution is -2.35. The standard InChI is InChI=1S/C27H34N4O3/c1-19-6-2-3-7-22(19)20-11-16-30(17-12-20)24-10-9-21(18-23(24)26(28)33)27(34)29-13-5-15-31-14-4-8-25(31)32/h2-3,6-7,9-10,18,20H,4-5,8,11-17H2,1H3,(H2,28,33)(H,29,34). The maximum atomic E-state index is 12.6. The first kappa shape index (κ1) is 23.8. The SMILES string of the molecule is Cc1ccccc1C1CCN(c2ccc(C(=O)NCCCN3CCCC3=O)cc2C(N)=O)CC1. The van der Waals surface area contributed by atoms with Crippen LogP contribution in [0.2, 0.25) is 0 Å². The van der Waals surface area contributed by atoms with E-state index in [0.29, 0.717) is 43.0 Å². The zero-order valence-electron chi connectivity index (χ0n) is 19.9. The Morgan fingerprint density at radius 2 is 1.85 bits per heavy atom. The lowest BCUT2D eigenvalue weighted by molar-refractivity contribution is -0.127. The van der Waals surface area contributed by atoms with E-state index in [2.05, 4.69) is 41.4 Å². The molecule has 2 aromatic carbocycles. The predicted octanol–water partition coefficient (Wildman–Crippen LogP) is 3.22. The van der Waals surface area contributed by atoms with Gasteiger partial charge in [0.05, 0.1) is 5.56 Å². The fraction of sp³-hybridized carbons (Fsp3) is 0.444. The van der Waals surface area contributed by atoms with Gasteiger partial charge in [-0.2, -0.15) is 0 Å². The number of carbonyl (C=O) groups excluding carboxylic acids is 3. The summed E-state index contributed by atoms with van der Waals surface area (Å²) < 4.78 is 0. The maximum absolute atomic E-state index is 12.6. The van der Waals surface area contributed by atoms with E-state index in [1.165, 1.54) is 11.1 Å². The van der Waals surface area contributed by atoms with Crippen molar-refractivity contribution >= 4 is 23.4 Å². The molecule has 7 heteroatoms. The van der Waals surface area contributed by atoms with Gasteiger partial charge in [-0.05, 0) is 67.9 Å². The first-order chi connectivity index (χ1) is 16.4. The van der Waals surface area contributed by atoms with Crippen LogP contribution in [0.15, 0.2) is 42.5 Å². The Morgan fingerprint density at radius 3 is 2.53 bits per heavy atom. The number of carbonyl (C=O) groups is 3. The zero-order chi connectivity index (χ0) is 24.1. The van der Waals surface area contributed by atoms with E-state index in [1.54, 1.807) is 12.1 Å². The maximum Gasteiger partial charge on any atom is 0.251 e. The molecule has 0 bridgehead atoms. The number of primary amides is 1. The molecule has 180 valence electrons. The third-order valence-corrected chi connectivity index (χ3v) is 7.05. The number of piperidine rings is 1. The molecule has 34 heavy (non-hydrogen) atoms. The van der Waals surface area contributed by atoms with Crippen molar-refractivity contribution in [1.29, 1.82) is 0 Å². The summed E-state index contributed by atoms with van der Waals surface area (Å²) in [5, 5.41) is 2.89. The molecular formula is C27H34N4O3. The summed E-state index contributed by atoms with van der Waals surface area (Å²) in [4.78, 5) is 40.6. The van der Waals surface area contributed by atoms with E-state index in [9.17, 15) is 14.4 Å². The Balaban J connectivity index is 1.36. The average Bonchev–Trinajstić information content (AvgIpc) is 3.26. The lowest BCUT2D eigenvalue weighted by atomic mass is 9.86. The summed E-state index contributed by atoms with van der Waals surface area (Å²) in [6, 6.07) is 13.7. The number of aryl methyl sites for hydroxylation is 1. The second kappa shape index (κ2) is 10.7. The van der Waals surface area contributed by atoms with Crippen molar-refractivity contribution in [1.82, 2.24) is 10.2 Å². The van der Waals surface area contributed by atoms with E-state index in [0.717, 1.165) is 44.6 Å². The smallest absolute Gasteiger partial charge is 0.251 e. The van der Waals surface area contributed by atoms with Gasteiger partial charge in [-0.25, -0.2) is 0 Å². The number of rotatable bonds is 8. The van der Waals surface area contributed by atoms with Crippen LogP contribution >= 0.6 is 0 Å². The Morgan fingerprint density at radius 1 is 1.09 bits per heavy atom. The summed E-state index contributed by atoms with van der Waals surface area (Å²) in [7, 11) is 0. The molecule has 2 aliphatic rings. The molecular weight excluding hydrogens is 428 g/mol. The van der Waals surface area contributed by atoms with Gasteiger partial charge in [-0.3, -0.25) is 14.4 Å². The fourth-order valence-electron chi connectivity index (χ4n) is 5.14. The summed E-state index contributed by atoms with van der Waals surface area (Å²) >= 11 is 0. The number of nitrogens with zero attached hydrogens (tertiary/aromatic N) is 2. The van der Waals surface area contributed by atoms with E-state index >= 15 is 0 Å². The van der Waals surface area contributed by atoms with Crippen LogP contribution in [0.1, 0.15) is 69.9 Å². The van der Waals surface area contributed by atoms with Crippen LogP contribution in [0, 0.1) is 6.92 Å². The highest BCUT2D eigenvalue weighted by molar-refractivity contribution is 6.03. The highest BCUT2D eigenvalue weighted by Gasteiger charge is 2.25. The number of nitrogens with one attached hydrogen (secondary N) is 1. The minimum atomic E-state index is -0.529. The molecule has 3 N–H and O–H groups in total. The molecule has 3 amide bonds. The van der Waals surface area contributed by atoms with Crippen molar-refractivity contribution in [2.24, 2.45) is 5.73 Å². The Hall–Kier alpha value is -3.35. The molecule has 0 saturated carbocycles. The van der Waals surface area contributed by atoms with Crippen molar-refractivity contribution in [3.63, 3.8) is 0 Å². The van der Waals surface area contributed by atoms with E-state index < -0.39 is 5.91 Å². The van der Waals surface area contributed by atoms with Crippen LogP contribution in [-0.4, -0.2) is 55.3 Å². The summed E-state index contributed by atoms with van der Waals surface area (Å²) in [6.45, 7) is 5.76. The minimum Gasteiger partial charge on any atom is -0.371 e. The van der Waals surface area contributed by atoms with Crippen molar-refractivity contribution in [2.75, 3.05) is 37.6 Å². The molecule has 0 aromatic heterocycles. The van der Waals surface area contributed by atoms with Crippen LogP contribution < -0.4 is 16.0 Å². The van der Waals surface area contributed by atoms with Crippen molar-refractivity contribution in [3.8, 4) is 0 Å². The molecule has 0 aliphatic carbocycles. The van der Waals surface area contributed by atoms with Gasteiger partial charge in [-0.1, -0.05) is 24.3 Å². The summed E-state index contributed by atoms with van der Waals surface area (Å²) in [5.41, 5.74) is 10.0. The first-order valence-corrected chi connectivity index (χ1v) is 12.2. The highest BCUT2D eigenvalue weighted by Crippen LogP contribution is 2.33. The normalized spacial score (nSPS) is 16.7. The van der Waals surface area contributed by atoms with Gasteiger partial charge >= 0.3 is 0 Å². The Kier molecular flexibility index (Phi) is 7.50.